The summed E-state index contributed by atoms with van der Waals surface area (Å²) in [6.45, 7) is 0.772. The SMILES string of the molecule is Cn1cc(C(NN)c2cccc3c2OCCC3)cn1. The zero-order valence-electron chi connectivity index (χ0n) is 11.0. The van der Waals surface area contributed by atoms with Gasteiger partial charge in [0.1, 0.15) is 5.75 Å². The maximum absolute atomic E-state index is 5.84. The molecule has 1 unspecified atom stereocenters. The van der Waals surface area contributed by atoms with Gasteiger partial charge in [0.25, 0.3) is 0 Å². The molecule has 0 saturated heterocycles. The van der Waals surface area contributed by atoms with E-state index in [1.165, 1.54) is 5.56 Å². The monoisotopic (exact) mass is 258 g/mol. The summed E-state index contributed by atoms with van der Waals surface area (Å²) in [5, 5.41) is 4.20. The van der Waals surface area contributed by atoms with Gasteiger partial charge in [0, 0.05) is 24.4 Å². The highest BCUT2D eigenvalue weighted by Crippen LogP contribution is 2.35. The first-order valence-electron chi connectivity index (χ1n) is 6.49. The second-order valence-corrected chi connectivity index (χ2v) is 4.83. The molecule has 5 heteroatoms. The van der Waals surface area contributed by atoms with Gasteiger partial charge < -0.3 is 4.74 Å². The molecule has 19 heavy (non-hydrogen) atoms. The van der Waals surface area contributed by atoms with Crippen LogP contribution in [0, 0.1) is 0 Å². The number of hydrogen-bond acceptors (Lipinski definition) is 4. The molecular weight excluding hydrogens is 240 g/mol. The summed E-state index contributed by atoms with van der Waals surface area (Å²) in [6, 6.07) is 6.14. The average Bonchev–Trinajstić information content (AvgIpc) is 2.86. The van der Waals surface area contributed by atoms with E-state index in [-0.39, 0.29) is 6.04 Å². The molecule has 100 valence electrons. The number of nitrogens with zero attached hydrogens (tertiary/aromatic N) is 2. The number of rotatable bonds is 3. The Hall–Kier alpha value is -1.85. The van der Waals surface area contributed by atoms with Crippen LogP contribution in [0.1, 0.15) is 29.2 Å². The second kappa shape index (κ2) is 5.03. The fraction of sp³-hybridized carbons (Fsp3) is 0.357. The molecule has 0 bridgehead atoms. The topological polar surface area (TPSA) is 65.1 Å². The van der Waals surface area contributed by atoms with E-state index in [1.54, 1.807) is 4.68 Å². The van der Waals surface area contributed by atoms with Gasteiger partial charge in [-0.2, -0.15) is 5.10 Å². The van der Waals surface area contributed by atoms with Gasteiger partial charge in [0.2, 0.25) is 0 Å². The summed E-state index contributed by atoms with van der Waals surface area (Å²) in [6.07, 6.45) is 5.93. The van der Waals surface area contributed by atoms with Crippen molar-refractivity contribution >= 4 is 0 Å². The molecule has 0 radical (unpaired) electrons. The lowest BCUT2D eigenvalue weighted by Crippen LogP contribution is -2.29. The van der Waals surface area contributed by atoms with Crippen molar-refractivity contribution in [3.05, 3.63) is 47.3 Å². The number of nitrogens with one attached hydrogen (secondary N) is 1. The van der Waals surface area contributed by atoms with E-state index >= 15 is 0 Å². The van der Waals surface area contributed by atoms with Crippen molar-refractivity contribution in [2.45, 2.75) is 18.9 Å². The summed E-state index contributed by atoms with van der Waals surface area (Å²) in [5.74, 6) is 6.71. The first kappa shape index (κ1) is 12.2. The number of fused-ring (bicyclic) bond motifs is 1. The van der Waals surface area contributed by atoms with Crippen LogP contribution in [0.3, 0.4) is 0 Å². The Morgan fingerprint density at radius 3 is 3.11 bits per heavy atom. The Labute approximate surface area is 112 Å². The number of para-hydroxylation sites is 1. The van der Waals surface area contributed by atoms with Gasteiger partial charge >= 0.3 is 0 Å². The minimum atomic E-state index is -0.0956. The van der Waals surface area contributed by atoms with E-state index in [0.29, 0.717) is 0 Å². The van der Waals surface area contributed by atoms with E-state index in [4.69, 9.17) is 10.6 Å². The predicted octanol–water partition coefficient (Wildman–Crippen LogP) is 1.30. The quantitative estimate of drug-likeness (QED) is 0.643. The van der Waals surface area contributed by atoms with Crippen LogP contribution >= 0.6 is 0 Å². The minimum Gasteiger partial charge on any atom is -0.493 e. The number of aromatic nitrogens is 2. The van der Waals surface area contributed by atoms with Gasteiger partial charge in [-0.15, -0.1) is 0 Å². The summed E-state index contributed by atoms with van der Waals surface area (Å²) in [7, 11) is 1.90. The highest BCUT2D eigenvalue weighted by Gasteiger charge is 2.22. The number of nitrogens with two attached hydrogens (primary N) is 1. The third kappa shape index (κ3) is 2.22. The molecule has 0 saturated carbocycles. The predicted molar refractivity (Wildman–Crippen MR) is 72.6 cm³/mol. The van der Waals surface area contributed by atoms with Gasteiger partial charge in [-0.05, 0) is 18.4 Å². The molecule has 1 atom stereocenters. The molecule has 1 aromatic heterocycles. The van der Waals surface area contributed by atoms with Crippen molar-refractivity contribution in [2.75, 3.05) is 6.61 Å². The van der Waals surface area contributed by atoms with Crippen molar-refractivity contribution in [3.8, 4) is 5.75 Å². The molecule has 3 rings (SSSR count). The lowest BCUT2D eigenvalue weighted by molar-refractivity contribution is 0.283. The first-order valence-corrected chi connectivity index (χ1v) is 6.49. The van der Waals surface area contributed by atoms with Crippen molar-refractivity contribution < 1.29 is 4.74 Å². The lowest BCUT2D eigenvalue weighted by atomic mass is 9.95. The Balaban J connectivity index is 2.04. The molecule has 1 aliphatic heterocycles. The Morgan fingerprint density at radius 1 is 1.47 bits per heavy atom. The third-order valence-electron chi connectivity index (χ3n) is 3.50. The van der Waals surface area contributed by atoms with Crippen molar-refractivity contribution in [3.63, 3.8) is 0 Å². The van der Waals surface area contributed by atoms with Crippen LogP contribution in [-0.4, -0.2) is 16.4 Å². The van der Waals surface area contributed by atoms with E-state index in [2.05, 4.69) is 28.7 Å². The molecule has 2 heterocycles. The standard InChI is InChI=1S/C14H18N4O/c1-18-9-11(8-16-18)13(17-15)12-6-2-4-10-5-3-7-19-14(10)12/h2,4,6,8-9,13,17H,3,5,7,15H2,1H3. The van der Waals surface area contributed by atoms with Gasteiger partial charge in [0.15, 0.2) is 0 Å². The largest absolute Gasteiger partial charge is 0.493 e. The maximum Gasteiger partial charge on any atom is 0.127 e. The first-order chi connectivity index (χ1) is 9.29. The van der Waals surface area contributed by atoms with Gasteiger partial charge in [0.05, 0.1) is 18.8 Å². The Kier molecular flexibility index (Phi) is 3.23. The maximum atomic E-state index is 5.84. The molecule has 0 amide bonds. The normalized spacial score (nSPS) is 15.7. The molecule has 1 aliphatic rings. The fourth-order valence-electron chi connectivity index (χ4n) is 2.60. The third-order valence-corrected chi connectivity index (χ3v) is 3.50. The van der Waals surface area contributed by atoms with Crippen LogP contribution in [0.2, 0.25) is 0 Å². The lowest BCUT2D eigenvalue weighted by Gasteiger charge is -2.24. The van der Waals surface area contributed by atoms with Gasteiger partial charge in [-0.1, -0.05) is 18.2 Å². The van der Waals surface area contributed by atoms with Crippen LogP contribution in [0.25, 0.3) is 0 Å². The van der Waals surface area contributed by atoms with Crippen molar-refractivity contribution in [1.29, 1.82) is 0 Å². The second-order valence-electron chi connectivity index (χ2n) is 4.83. The zero-order chi connectivity index (χ0) is 13.2. The summed E-state index contributed by atoms with van der Waals surface area (Å²) in [4.78, 5) is 0. The molecule has 0 spiro atoms. The van der Waals surface area contributed by atoms with E-state index in [0.717, 1.165) is 36.3 Å². The fourth-order valence-corrected chi connectivity index (χ4v) is 2.60. The van der Waals surface area contributed by atoms with Crippen LogP contribution in [0.15, 0.2) is 30.6 Å². The molecule has 0 aliphatic carbocycles. The van der Waals surface area contributed by atoms with Crippen molar-refractivity contribution in [1.82, 2.24) is 15.2 Å². The van der Waals surface area contributed by atoms with Crippen LogP contribution < -0.4 is 16.0 Å². The molecule has 5 nitrogen and oxygen atoms in total. The Bertz CT molecular complexity index is 579. The van der Waals surface area contributed by atoms with Crippen LogP contribution in [0.4, 0.5) is 0 Å². The highest BCUT2D eigenvalue weighted by atomic mass is 16.5. The van der Waals surface area contributed by atoms with Gasteiger partial charge in [-0.3, -0.25) is 10.5 Å². The molecule has 1 aromatic carbocycles. The van der Waals surface area contributed by atoms with E-state index < -0.39 is 0 Å². The van der Waals surface area contributed by atoms with E-state index in [9.17, 15) is 0 Å². The average molecular weight is 258 g/mol. The number of hydrazine groups is 1. The van der Waals surface area contributed by atoms with Crippen molar-refractivity contribution in [2.24, 2.45) is 12.9 Å². The number of aryl methyl sites for hydroxylation is 2. The van der Waals surface area contributed by atoms with E-state index in [1.807, 2.05) is 19.4 Å². The molecular formula is C14H18N4O. The van der Waals surface area contributed by atoms with Crippen LogP contribution in [-0.2, 0) is 13.5 Å². The highest BCUT2D eigenvalue weighted by molar-refractivity contribution is 5.47. The molecule has 2 aromatic rings. The summed E-state index contributed by atoms with van der Waals surface area (Å²) >= 11 is 0. The zero-order valence-corrected chi connectivity index (χ0v) is 11.0. The number of benzene rings is 1. The number of hydrogen-bond donors (Lipinski definition) is 2. The van der Waals surface area contributed by atoms with Crippen LogP contribution in [0.5, 0.6) is 5.75 Å². The summed E-state index contributed by atoms with van der Waals surface area (Å²) < 4.78 is 7.62. The minimum absolute atomic E-state index is 0.0956. The number of ether oxygens (including phenoxy) is 1. The molecule has 0 fully saturated rings. The Morgan fingerprint density at radius 2 is 2.37 bits per heavy atom. The summed E-state index contributed by atoms with van der Waals surface area (Å²) in [5.41, 5.74) is 6.23. The molecule has 3 N–H and O–H groups in total. The van der Waals surface area contributed by atoms with Gasteiger partial charge in [-0.25, -0.2) is 5.43 Å². The smallest absolute Gasteiger partial charge is 0.127 e.